The molecule has 1 aliphatic rings. The van der Waals surface area contributed by atoms with Crippen LogP contribution < -0.4 is 10.1 Å². The van der Waals surface area contributed by atoms with Crippen LogP contribution in [0.25, 0.3) is 0 Å². The van der Waals surface area contributed by atoms with E-state index in [2.05, 4.69) is 15.3 Å². The van der Waals surface area contributed by atoms with E-state index in [0.29, 0.717) is 18.1 Å². The molecule has 0 unspecified atom stereocenters. The molecule has 0 atom stereocenters. The number of nitrogens with zero attached hydrogens (tertiary/aromatic N) is 2. The predicted molar refractivity (Wildman–Crippen MR) is 62.5 cm³/mol. The van der Waals surface area contributed by atoms with Crippen molar-refractivity contribution in [1.82, 2.24) is 15.3 Å². The van der Waals surface area contributed by atoms with Crippen LogP contribution >= 0.6 is 0 Å². The second-order valence-electron chi connectivity index (χ2n) is 4.71. The van der Waals surface area contributed by atoms with Crippen LogP contribution in [0.5, 0.6) is 5.88 Å². The lowest BCUT2D eigenvalue weighted by molar-refractivity contribution is -0.125. The van der Waals surface area contributed by atoms with Gasteiger partial charge in [-0.2, -0.15) is 0 Å². The van der Waals surface area contributed by atoms with Crippen molar-refractivity contribution in [2.45, 2.75) is 33.2 Å². The molecule has 0 aliphatic heterocycles. The largest absolute Gasteiger partial charge is 0.480 e. The summed E-state index contributed by atoms with van der Waals surface area (Å²) < 4.78 is 5.13. The summed E-state index contributed by atoms with van der Waals surface area (Å²) >= 11 is 0. The summed E-state index contributed by atoms with van der Waals surface area (Å²) in [6.07, 6.45) is 3.61. The molecule has 0 radical (unpaired) electrons. The summed E-state index contributed by atoms with van der Waals surface area (Å²) in [7, 11) is 1.55. The van der Waals surface area contributed by atoms with Crippen LogP contribution in [0, 0.1) is 12.3 Å². The van der Waals surface area contributed by atoms with Gasteiger partial charge >= 0.3 is 0 Å². The van der Waals surface area contributed by atoms with Gasteiger partial charge in [-0.05, 0) is 19.8 Å². The smallest absolute Gasteiger partial charge is 0.237 e. The molecule has 1 saturated carbocycles. The Hall–Kier alpha value is -1.65. The Balaban J connectivity index is 2.01. The zero-order valence-corrected chi connectivity index (χ0v) is 10.4. The fourth-order valence-electron chi connectivity index (χ4n) is 1.56. The summed E-state index contributed by atoms with van der Waals surface area (Å²) in [5.41, 5.74) is 1.30. The van der Waals surface area contributed by atoms with E-state index in [1.165, 1.54) is 0 Å². The average molecular weight is 235 g/mol. The molecule has 5 heteroatoms. The maximum absolute atomic E-state index is 11.8. The van der Waals surface area contributed by atoms with Crippen LogP contribution in [-0.2, 0) is 11.3 Å². The van der Waals surface area contributed by atoms with E-state index >= 15 is 0 Å². The molecule has 92 valence electrons. The summed E-state index contributed by atoms with van der Waals surface area (Å²) in [5.74, 6) is 0.563. The molecule has 0 aromatic carbocycles. The first-order valence-electron chi connectivity index (χ1n) is 5.70. The Morgan fingerprint density at radius 3 is 2.88 bits per heavy atom. The van der Waals surface area contributed by atoms with Gasteiger partial charge in [0.15, 0.2) is 0 Å². The number of carbonyl (C=O) groups excluding carboxylic acids is 1. The molecular formula is C12H17N3O2. The lowest BCUT2D eigenvalue weighted by Crippen LogP contribution is -2.30. The van der Waals surface area contributed by atoms with Gasteiger partial charge in [-0.25, -0.2) is 4.98 Å². The van der Waals surface area contributed by atoms with E-state index in [4.69, 9.17) is 4.74 Å². The van der Waals surface area contributed by atoms with Gasteiger partial charge in [0, 0.05) is 11.6 Å². The minimum absolute atomic E-state index is 0.0851. The average Bonchev–Trinajstić information content (AvgIpc) is 3.06. The molecule has 0 saturated heterocycles. The van der Waals surface area contributed by atoms with E-state index in [9.17, 15) is 4.79 Å². The van der Waals surface area contributed by atoms with Crippen LogP contribution in [0.15, 0.2) is 6.20 Å². The number of aromatic nitrogens is 2. The van der Waals surface area contributed by atoms with E-state index in [-0.39, 0.29) is 11.3 Å². The molecule has 1 N–H and O–H groups in total. The van der Waals surface area contributed by atoms with Crippen molar-refractivity contribution in [3.63, 3.8) is 0 Å². The highest BCUT2D eigenvalue weighted by molar-refractivity contribution is 5.84. The fourth-order valence-corrected chi connectivity index (χ4v) is 1.56. The first-order chi connectivity index (χ1) is 8.05. The van der Waals surface area contributed by atoms with Crippen molar-refractivity contribution in [2.24, 2.45) is 5.41 Å². The maximum Gasteiger partial charge on any atom is 0.237 e. The van der Waals surface area contributed by atoms with Gasteiger partial charge in [0.25, 0.3) is 0 Å². The van der Waals surface area contributed by atoms with Crippen LogP contribution in [0.2, 0.25) is 0 Å². The Bertz CT molecular complexity index is 441. The van der Waals surface area contributed by atoms with E-state index in [1.807, 2.05) is 13.8 Å². The Morgan fingerprint density at radius 1 is 1.59 bits per heavy atom. The third-order valence-electron chi connectivity index (χ3n) is 3.09. The van der Waals surface area contributed by atoms with Crippen LogP contribution in [0.3, 0.4) is 0 Å². The van der Waals surface area contributed by atoms with Gasteiger partial charge in [0.05, 0.1) is 19.3 Å². The number of nitrogens with one attached hydrogen (secondary N) is 1. The fraction of sp³-hybridized carbons (Fsp3) is 0.583. The molecular weight excluding hydrogens is 218 g/mol. The third-order valence-corrected chi connectivity index (χ3v) is 3.09. The van der Waals surface area contributed by atoms with Crippen molar-refractivity contribution in [3.05, 3.63) is 17.6 Å². The summed E-state index contributed by atoms with van der Waals surface area (Å²) in [4.78, 5) is 20.2. The molecule has 1 heterocycles. The Morgan fingerprint density at radius 2 is 2.29 bits per heavy atom. The number of ether oxygens (including phenoxy) is 1. The normalized spacial score (nSPS) is 16.4. The van der Waals surface area contributed by atoms with Crippen molar-refractivity contribution in [1.29, 1.82) is 0 Å². The zero-order chi connectivity index (χ0) is 12.5. The number of methoxy groups -OCH3 is 1. The van der Waals surface area contributed by atoms with Gasteiger partial charge in [-0.15, -0.1) is 0 Å². The molecule has 5 nitrogen and oxygen atoms in total. The number of carbonyl (C=O) groups is 1. The minimum atomic E-state index is -0.161. The summed E-state index contributed by atoms with van der Waals surface area (Å²) in [5, 5.41) is 2.87. The third kappa shape index (κ3) is 2.54. The number of rotatable bonds is 4. The molecule has 1 aliphatic carbocycles. The van der Waals surface area contributed by atoms with Crippen molar-refractivity contribution < 1.29 is 9.53 Å². The lowest BCUT2D eigenvalue weighted by Gasteiger charge is -2.11. The SMILES string of the molecule is COc1nc(C)cnc1CNC(=O)C1(C)CC1. The van der Waals surface area contributed by atoms with Crippen LogP contribution in [0.1, 0.15) is 31.2 Å². The summed E-state index contributed by atoms with van der Waals surface area (Å²) in [6, 6.07) is 0. The molecule has 2 rings (SSSR count). The lowest BCUT2D eigenvalue weighted by atomic mass is 10.1. The monoisotopic (exact) mass is 235 g/mol. The Labute approximate surface area is 101 Å². The molecule has 1 aromatic heterocycles. The Kier molecular flexibility index (Phi) is 3.00. The van der Waals surface area contributed by atoms with E-state index in [0.717, 1.165) is 18.5 Å². The number of hydrogen-bond donors (Lipinski definition) is 1. The standard InChI is InChI=1S/C12H17N3O2/c1-8-6-13-9(10(15-8)17-3)7-14-11(16)12(2)4-5-12/h6H,4-5,7H2,1-3H3,(H,14,16). The number of aryl methyl sites for hydroxylation is 1. The highest BCUT2D eigenvalue weighted by Gasteiger charge is 2.44. The molecule has 17 heavy (non-hydrogen) atoms. The van der Waals surface area contributed by atoms with Crippen molar-refractivity contribution in [3.8, 4) is 5.88 Å². The molecule has 1 amide bonds. The quantitative estimate of drug-likeness (QED) is 0.852. The second kappa shape index (κ2) is 4.31. The minimum Gasteiger partial charge on any atom is -0.480 e. The van der Waals surface area contributed by atoms with Gasteiger partial charge in [0.1, 0.15) is 5.69 Å². The first kappa shape index (κ1) is 11.8. The molecule has 1 aromatic rings. The summed E-state index contributed by atoms with van der Waals surface area (Å²) in [6.45, 7) is 4.19. The van der Waals surface area contributed by atoms with Crippen LogP contribution in [-0.4, -0.2) is 23.0 Å². The van der Waals surface area contributed by atoms with Gasteiger partial charge < -0.3 is 10.1 Å². The van der Waals surface area contributed by atoms with Crippen molar-refractivity contribution in [2.75, 3.05) is 7.11 Å². The highest BCUT2D eigenvalue weighted by Crippen LogP contribution is 2.45. The van der Waals surface area contributed by atoms with Gasteiger partial charge in [-0.1, -0.05) is 6.92 Å². The van der Waals surface area contributed by atoms with E-state index in [1.54, 1.807) is 13.3 Å². The van der Waals surface area contributed by atoms with Crippen LogP contribution in [0.4, 0.5) is 0 Å². The second-order valence-corrected chi connectivity index (χ2v) is 4.71. The highest BCUT2D eigenvalue weighted by atomic mass is 16.5. The zero-order valence-electron chi connectivity index (χ0n) is 10.4. The molecule has 1 fully saturated rings. The van der Waals surface area contributed by atoms with Gasteiger partial charge in [-0.3, -0.25) is 9.78 Å². The maximum atomic E-state index is 11.8. The van der Waals surface area contributed by atoms with Crippen molar-refractivity contribution >= 4 is 5.91 Å². The predicted octanol–water partition coefficient (Wildman–Crippen LogP) is 1.21. The van der Waals surface area contributed by atoms with Gasteiger partial charge in [0.2, 0.25) is 11.8 Å². The number of amides is 1. The number of hydrogen-bond acceptors (Lipinski definition) is 4. The molecule has 0 spiro atoms. The van der Waals surface area contributed by atoms with E-state index < -0.39 is 0 Å². The first-order valence-corrected chi connectivity index (χ1v) is 5.70. The topological polar surface area (TPSA) is 64.1 Å². The molecule has 0 bridgehead atoms.